The van der Waals surface area contributed by atoms with E-state index >= 15 is 0 Å². The standard InChI is InChI=1S/C9H14N2O3/c1-6(12)9(13)14-7(2)8-10-4-5-11(8)3/h4-7,12H,1-3H3. The highest BCUT2D eigenvalue weighted by Crippen LogP contribution is 2.14. The van der Waals surface area contributed by atoms with Gasteiger partial charge in [-0.25, -0.2) is 9.78 Å². The summed E-state index contributed by atoms with van der Waals surface area (Å²) in [5.74, 6) is 0.0134. The van der Waals surface area contributed by atoms with E-state index in [4.69, 9.17) is 9.84 Å². The summed E-state index contributed by atoms with van der Waals surface area (Å²) >= 11 is 0. The van der Waals surface area contributed by atoms with Crippen LogP contribution in [0.3, 0.4) is 0 Å². The van der Waals surface area contributed by atoms with Crippen LogP contribution in [0.15, 0.2) is 12.4 Å². The van der Waals surface area contributed by atoms with Gasteiger partial charge >= 0.3 is 5.97 Å². The number of carbonyl (C=O) groups excluding carboxylic acids is 1. The van der Waals surface area contributed by atoms with Gasteiger partial charge in [0.05, 0.1) is 0 Å². The van der Waals surface area contributed by atoms with E-state index in [9.17, 15) is 4.79 Å². The Morgan fingerprint density at radius 1 is 1.64 bits per heavy atom. The minimum absolute atomic E-state index is 0.447. The van der Waals surface area contributed by atoms with Gasteiger partial charge < -0.3 is 14.4 Å². The fraction of sp³-hybridized carbons (Fsp3) is 0.556. The Morgan fingerprint density at radius 3 is 2.71 bits per heavy atom. The SMILES string of the molecule is CC(O)C(=O)OC(C)c1nccn1C. The quantitative estimate of drug-likeness (QED) is 0.714. The van der Waals surface area contributed by atoms with Crippen molar-refractivity contribution in [2.45, 2.75) is 26.1 Å². The second-order valence-electron chi connectivity index (χ2n) is 3.15. The van der Waals surface area contributed by atoms with Crippen molar-refractivity contribution in [1.82, 2.24) is 9.55 Å². The molecule has 0 bridgehead atoms. The molecule has 5 heteroatoms. The molecule has 0 aliphatic carbocycles. The number of ether oxygens (including phenoxy) is 1. The Hall–Kier alpha value is -1.36. The molecule has 0 saturated carbocycles. The summed E-state index contributed by atoms with van der Waals surface area (Å²) < 4.78 is 6.73. The lowest BCUT2D eigenvalue weighted by Crippen LogP contribution is -2.22. The van der Waals surface area contributed by atoms with Crippen LogP contribution in [0.2, 0.25) is 0 Å². The highest BCUT2D eigenvalue weighted by Gasteiger charge is 2.18. The van der Waals surface area contributed by atoms with Crippen LogP contribution in [-0.2, 0) is 16.6 Å². The first-order chi connectivity index (χ1) is 6.52. The maximum Gasteiger partial charge on any atom is 0.335 e. The van der Waals surface area contributed by atoms with E-state index in [0.717, 1.165) is 0 Å². The van der Waals surface area contributed by atoms with Crippen LogP contribution in [0.4, 0.5) is 0 Å². The maximum atomic E-state index is 11.1. The van der Waals surface area contributed by atoms with Crippen LogP contribution in [0.1, 0.15) is 25.8 Å². The molecule has 2 unspecified atom stereocenters. The third-order valence-corrected chi connectivity index (χ3v) is 1.86. The summed E-state index contributed by atoms with van der Waals surface area (Å²) in [6.45, 7) is 3.08. The molecular weight excluding hydrogens is 184 g/mol. The van der Waals surface area contributed by atoms with E-state index in [-0.39, 0.29) is 0 Å². The van der Waals surface area contributed by atoms with Gasteiger partial charge in [0.15, 0.2) is 6.10 Å². The summed E-state index contributed by atoms with van der Waals surface area (Å²) in [5.41, 5.74) is 0. The lowest BCUT2D eigenvalue weighted by Gasteiger charge is -2.13. The van der Waals surface area contributed by atoms with E-state index in [1.807, 2.05) is 7.05 Å². The summed E-state index contributed by atoms with van der Waals surface area (Å²) in [4.78, 5) is 15.1. The van der Waals surface area contributed by atoms with Crippen molar-refractivity contribution in [2.75, 3.05) is 0 Å². The van der Waals surface area contributed by atoms with Gasteiger partial charge in [0.2, 0.25) is 0 Å². The number of hydrogen-bond donors (Lipinski definition) is 1. The third kappa shape index (κ3) is 2.32. The molecule has 0 saturated heterocycles. The molecule has 0 aromatic carbocycles. The zero-order chi connectivity index (χ0) is 10.7. The van der Waals surface area contributed by atoms with E-state index < -0.39 is 18.2 Å². The van der Waals surface area contributed by atoms with Crippen molar-refractivity contribution in [2.24, 2.45) is 7.05 Å². The van der Waals surface area contributed by atoms with Crippen molar-refractivity contribution < 1.29 is 14.6 Å². The number of imidazole rings is 1. The Morgan fingerprint density at radius 2 is 2.29 bits per heavy atom. The van der Waals surface area contributed by atoms with Crippen molar-refractivity contribution in [3.8, 4) is 0 Å². The van der Waals surface area contributed by atoms with Gasteiger partial charge in [-0.05, 0) is 13.8 Å². The largest absolute Gasteiger partial charge is 0.453 e. The summed E-state index contributed by atoms with van der Waals surface area (Å²) in [7, 11) is 1.81. The molecule has 14 heavy (non-hydrogen) atoms. The first-order valence-corrected chi connectivity index (χ1v) is 4.38. The highest BCUT2D eigenvalue weighted by molar-refractivity contribution is 5.74. The summed E-state index contributed by atoms with van der Waals surface area (Å²) in [6, 6.07) is 0. The van der Waals surface area contributed by atoms with E-state index in [2.05, 4.69) is 4.98 Å². The molecule has 1 aromatic heterocycles. The second kappa shape index (κ2) is 4.23. The molecule has 1 heterocycles. The highest BCUT2D eigenvalue weighted by atomic mass is 16.6. The molecule has 0 aliphatic rings. The summed E-state index contributed by atoms with van der Waals surface area (Å²) in [6.07, 6.45) is 1.85. The lowest BCUT2D eigenvalue weighted by atomic mass is 10.3. The number of carbonyl (C=O) groups is 1. The van der Waals surface area contributed by atoms with Crippen LogP contribution >= 0.6 is 0 Å². The van der Waals surface area contributed by atoms with Crippen molar-refractivity contribution >= 4 is 5.97 Å². The van der Waals surface area contributed by atoms with Gasteiger partial charge in [-0.3, -0.25) is 0 Å². The second-order valence-corrected chi connectivity index (χ2v) is 3.15. The van der Waals surface area contributed by atoms with E-state index in [1.54, 1.807) is 23.9 Å². The number of aliphatic hydroxyl groups is 1. The van der Waals surface area contributed by atoms with Gasteiger partial charge in [-0.15, -0.1) is 0 Å². The topological polar surface area (TPSA) is 64.3 Å². The van der Waals surface area contributed by atoms with Crippen LogP contribution in [-0.4, -0.2) is 26.7 Å². The molecule has 78 valence electrons. The van der Waals surface area contributed by atoms with Gasteiger partial charge in [-0.2, -0.15) is 0 Å². The minimum atomic E-state index is -1.10. The molecular formula is C9H14N2O3. The van der Waals surface area contributed by atoms with E-state index in [0.29, 0.717) is 5.82 Å². The fourth-order valence-corrected chi connectivity index (χ4v) is 1.09. The number of nitrogens with zero attached hydrogens (tertiary/aromatic N) is 2. The number of hydrogen-bond acceptors (Lipinski definition) is 4. The van der Waals surface area contributed by atoms with Gasteiger partial charge in [0.1, 0.15) is 11.9 Å². The lowest BCUT2D eigenvalue weighted by molar-refractivity contribution is -0.158. The van der Waals surface area contributed by atoms with Crippen LogP contribution in [0.25, 0.3) is 0 Å². The van der Waals surface area contributed by atoms with Crippen LogP contribution < -0.4 is 0 Å². The molecule has 0 spiro atoms. The maximum absolute atomic E-state index is 11.1. The van der Waals surface area contributed by atoms with Crippen LogP contribution in [0, 0.1) is 0 Å². The van der Waals surface area contributed by atoms with Gasteiger partial charge in [0.25, 0.3) is 0 Å². The van der Waals surface area contributed by atoms with Gasteiger partial charge in [0, 0.05) is 19.4 Å². The number of aryl methyl sites for hydroxylation is 1. The molecule has 1 aromatic rings. The minimum Gasteiger partial charge on any atom is -0.453 e. The third-order valence-electron chi connectivity index (χ3n) is 1.86. The Bertz CT molecular complexity index is 320. The zero-order valence-corrected chi connectivity index (χ0v) is 8.47. The van der Waals surface area contributed by atoms with E-state index in [1.165, 1.54) is 6.92 Å². The van der Waals surface area contributed by atoms with Gasteiger partial charge in [-0.1, -0.05) is 0 Å². The van der Waals surface area contributed by atoms with Crippen molar-refractivity contribution in [3.05, 3.63) is 18.2 Å². The number of aromatic nitrogens is 2. The van der Waals surface area contributed by atoms with Crippen molar-refractivity contribution in [1.29, 1.82) is 0 Å². The number of esters is 1. The molecule has 0 amide bonds. The predicted molar refractivity (Wildman–Crippen MR) is 49.4 cm³/mol. The molecule has 0 radical (unpaired) electrons. The molecule has 1 N–H and O–H groups in total. The first-order valence-electron chi connectivity index (χ1n) is 4.38. The normalized spacial score (nSPS) is 14.9. The van der Waals surface area contributed by atoms with Crippen LogP contribution in [0.5, 0.6) is 0 Å². The molecule has 0 fully saturated rings. The number of rotatable bonds is 3. The molecule has 5 nitrogen and oxygen atoms in total. The smallest absolute Gasteiger partial charge is 0.335 e. The monoisotopic (exact) mass is 198 g/mol. The Balaban J connectivity index is 2.64. The number of aliphatic hydroxyl groups excluding tert-OH is 1. The van der Waals surface area contributed by atoms with Crippen molar-refractivity contribution in [3.63, 3.8) is 0 Å². The average molecular weight is 198 g/mol. The predicted octanol–water partition coefficient (Wildman–Crippen LogP) is 0.405. The Labute approximate surface area is 82.3 Å². The summed E-state index contributed by atoms with van der Waals surface area (Å²) in [5, 5.41) is 8.93. The first kappa shape index (κ1) is 10.7. The molecule has 1 rings (SSSR count). The molecule has 0 aliphatic heterocycles. The Kier molecular flexibility index (Phi) is 3.24. The molecule has 2 atom stereocenters. The zero-order valence-electron chi connectivity index (χ0n) is 8.47. The fourth-order valence-electron chi connectivity index (χ4n) is 1.09. The average Bonchev–Trinajstić information content (AvgIpc) is 2.51.